The van der Waals surface area contributed by atoms with Crippen molar-refractivity contribution in [2.75, 3.05) is 18.5 Å². The number of carbonyl (C=O) groups excluding carboxylic acids is 1. The zero-order valence-electron chi connectivity index (χ0n) is 11.0. The molecule has 0 saturated heterocycles. The molecule has 5 heteroatoms. The van der Waals surface area contributed by atoms with Gasteiger partial charge in [0.15, 0.2) is 0 Å². The Morgan fingerprint density at radius 1 is 1.53 bits per heavy atom. The zero-order chi connectivity index (χ0) is 12.9. The van der Waals surface area contributed by atoms with E-state index < -0.39 is 5.41 Å². The topological polar surface area (TPSA) is 56.1 Å². The summed E-state index contributed by atoms with van der Waals surface area (Å²) in [6, 6.07) is 0. The third kappa shape index (κ3) is 4.56. The lowest BCUT2D eigenvalue weighted by molar-refractivity contribution is -0.123. The maximum absolute atomic E-state index is 11.7. The van der Waals surface area contributed by atoms with Crippen LogP contribution in [0.5, 0.6) is 0 Å². The molecule has 0 atom stereocenters. The fourth-order valence-corrected chi connectivity index (χ4v) is 1.17. The molecule has 0 unspecified atom stereocenters. The van der Waals surface area contributed by atoms with Gasteiger partial charge in [-0.2, -0.15) is 5.10 Å². The van der Waals surface area contributed by atoms with Crippen molar-refractivity contribution < 1.29 is 9.53 Å². The highest BCUT2D eigenvalue weighted by Crippen LogP contribution is 2.16. The van der Waals surface area contributed by atoms with E-state index in [0.29, 0.717) is 19.8 Å². The second kappa shape index (κ2) is 5.82. The van der Waals surface area contributed by atoms with Gasteiger partial charge in [0.25, 0.3) is 0 Å². The molecule has 0 aromatic carbocycles. The molecule has 1 N–H and O–H groups in total. The van der Waals surface area contributed by atoms with Gasteiger partial charge in [-0.15, -0.1) is 0 Å². The van der Waals surface area contributed by atoms with E-state index >= 15 is 0 Å². The quantitative estimate of drug-likeness (QED) is 0.798. The summed E-state index contributed by atoms with van der Waals surface area (Å²) < 4.78 is 6.99. The van der Waals surface area contributed by atoms with Crippen LogP contribution < -0.4 is 5.32 Å². The second-order valence-electron chi connectivity index (χ2n) is 4.89. The molecule has 0 bridgehead atoms. The Kier molecular flexibility index (Phi) is 4.69. The summed E-state index contributed by atoms with van der Waals surface area (Å²) in [5.74, 6) is -0.0122. The van der Waals surface area contributed by atoms with Crippen LogP contribution in [-0.2, 0) is 16.1 Å². The Balaban J connectivity index is 2.48. The average Bonchev–Trinajstić information content (AvgIpc) is 2.65. The van der Waals surface area contributed by atoms with Gasteiger partial charge in [0.2, 0.25) is 5.91 Å². The van der Waals surface area contributed by atoms with Crippen molar-refractivity contribution in [2.24, 2.45) is 5.41 Å². The monoisotopic (exact) mass is 239 g/mol. The van der Waals surface area contributed by atoms with E-state index in [-0.39, 0.29) is 5.91 Å². The first-order valence-corrected chi connectivity index (χ1v) is 5.85. The Hall–Kier alpha value is -1.36. The third-order valence-electron chi connectivity index (χ3n) is 2.24. The molecule has 0 aliphatic carbocycles. The minimum atomic E-state index is -0.395. The lowest BCUT2D eigenvalue weighted by Gasteiger charge is -2.16. The zero-order valence-corrected chi connectivity index (χ0v) is 11.0. The summed E-state index contributed by atoms with van der Waals surface area (Å²) in [7, 11) is 0. The van der Waals surface area contributed by atoms with Crippen LogP contribution in [0.2, 0.25) is 0 Å². The van der Waals surface area contributed by atoms with Gasteiger partial charge in [0, 0.05) is 18.2 Å². The van der Waals surface area contributed by atoms with Crippen LogP contribution in [-0.4, -0.2) is 28.9 Å². The summed E-state index contributed by atoms with van der Waals surface area (Å²) in [5, 5.41) is 6.97. The van der Waals surface area contributed by atoms with Gasteiger partial charge < -0.3 is 10.1 Å². The van der Waals surface area contributed by atoms with Crippen LogP contribution in [0.1, 0.15) is 27.7 Å². The van der Waals surface area contributed by atoms with E-state index in [0.717, 1.165) is 5.69 Å². The van der Waals surface area contributed by atoms with Gasteiger partial charge in [-0.05, 0) is 6.92 Å². The lowest BCUT2D eigenvalue weighted by Crippen LogP contribution is -2.27. The first-order valence-electron chi connectivity index (χ1n) is 5.85. The highest BCUT2D eigenvalue weighted by Gasteiger charge is 2.21. The first-order chi connectivity index (χ1) is 7.93. The molecule has 0 spiro atoms. The van der Waals surface area contributed by atoms with E-state index in [2.05, 4.69) is 10.4 Å². The van der Waals surface area contributed by atoms with Crippen molar-refractivity contribution in [3.63, 3.8) is 0 Å². The molecule has 1 aromatic rings. The Bertz CT molecular complexity index is 366. The maximum Gasteiger partial charge on any atom is 0.229 e. The smallest absolute Gasteiger partial charge is 0.229 e. The summed E-state index contributed by atoms with van der Waals surface area (Å²) in [4.78, 5) is 11.7. The highest BCUT2D eigenvalue weighted by atomic mass is 16.5. The van der Waals surface area contributed by atoms with E-state index in [4.69, 9.17) is 4.74 Å². The van der Waals surface area contributed by atoms with Crippen LogP contribution in [0.15, 0.2) is 12.4 Å². The van der Waals surface area contributed by atoms with Gasteiger partial charge in [-0.3, -0.25) is 9.48 Å². The normalized spacial score (nSPS) is 11.5. The van der Waals surface area contributed by atoms with Crippen molar-refractivity contribution in [3.05, 3.63) is 12.4 Å². The van der Waals surface area contributed by atoms with Crippen LogP contribution in [0.3, 0.4) is 0 Å². The van der Waals surface area contributed by atoms with E-state index in [9.17, 15) is 4.79 Å². The Morgan fingerprint density at radius 2 is 2.24 bits per heavy atom. The minimum Gasteiger partial charge on any atom is -0.380 e. The average molecular weight is 239 g/mol. The van der Waals surface area contributed by atoms with Gasteiger partial charge in [0.1, 0.15) is 0 Å². The Labute approximate surface area is 102 Å². The number of aromatic nitrogens is 2. The van der Waals surface area contributed by atoms with Crippen LogP contribution in [0, 0.1) is 5.41 Å². The number of amides is 1. The van der Waals surface area contributed by atoms with Crippen molar-refractivity contribution in [2.45, 2.75) is 34.2 Å². The predicted octanol–water partition coefficient (Wildman–Crippen LogP) is 1.90. The number of anilines is 1. The maximum atomic E-state index is 11.7. The highest BCUT2D eigenvalue weighted by molar-refractivity contribution is 5.94. The van der Waals surface area contributed by atoms with Crippen molar-refractivity contribution in [1.82, 2.24) is 9.78 Å². The lowest BCUT2D eigenvalue weighted by atomic mass is 9.96. The summed E-state index contributed by atoms with van der Waals surface area (Å²) >= 11 is 0. The number of hydrogen-bond donors (Lipinski definition) is 1. The van der Waals surface area contributed by atoms with Crippen LogP contribution >= 0.6 is 0 Å². The fourth-order valence-electron chi connectivity index (χ4n) is 1.17. The van der Waals surface area contributed by atoms with Gasteiger partial charge in [0.05, 0.1) is 25.0 Å². The SMILES string of the molecule is CCOCCn1cc(NC(=O)C(C)(C)C)cn1. The minimum absolute atomic E-state index is 0.0122. The van der Waals surface area contributed by atoms with Gasteiger partial charge in [-0.25, -0.2) is 0 Å². The molecular weight excluding hydrogens is 218 g/mol. The molecular formula is C12H21N3O2. The molecule has 0 aliphatic heterocycles. The van der Waals surface area contributed by atoms with E-state index in [1.807, 2.05) is 33.9 Å². The molecule has 1 aromatic heterocycles. The number of rotatable bonds is 5. The van der Waals surface area contributed by atoms with Crippen LogP contribution in [0.25, 0.3) is 0 Å². The molecule has 1 rings (SSSR count). The Morgan fingerprint density at radius 3 is 2.82 bits per heavy atom. The number of hydrogen-bond acceptors (Lipinski definition) is 3. The molecule has 96 valence electrons. The number of nitrogens with one attached hydrogen (secondary N) is 1. The van der Waals surface area contributed by atoms with Gasteiger partial charge in [-0.1, -0.05) is 20.8 Å². The molecule has 5 nitrogen and oxygen atoms in total. The first kappa shape index (κ1) is 13.7. The van der Waals surface area contributed by atoms with Gasteiger partial charge >= 0.3 is 0 Å². The molecule has 1 amide bonds. The third-order valence-corrected chi connectivity index (χ3v) is 2.24. The molecule has 0 aliphatic rings. The summed E-state index contributed by atoms with van der Waals surface area (Å²) in [5.41, 5.74) is 0.328. The molecule has 0 saturated carbocycles. The predicted molar refractivity (Wildman–Crippen MR) is 66.8 cm³/mol. The van der Waals surface area contributed by atoms with Crippen molar-refractivity contribution in [1.29, 1.82) is 0 Å². The molecule has 1 heterocycles. The van der Waals surface area contributed by atoms with E-state index in [1.54, 1.807) is 10.9 Å². The summed E-state index contributed by atoms with van der Waals surface area (Å²) in [6.45, 7) is 9.61. The fraction of sp³-hybridized carbons (Fsp3) is 0.667. The molecule has 0 radical (unpaired) electrons. The largest absolute Gasteiger partial charge is 0.380 e. The molecule has 17 heavy (non-hydrogen) atoms. The number of nitrogens with zero attached hydrogens (tertiary/aromatic N) is 2. The van der Waals surface area contributed by atoms with Crippen molar-refractivity contribution >= 4 is 11.6 Å². The number of carbonyl (C=O) groups is 1. The summed E-state index contributed by atoms with van der Waals surface area (Å²) in [6.07, 6.45) is 3.46. The number of ether oxygens (including phenoxy) is 1. The van der Waals surface area contributed by atoms with Crippen molar-refractivity contribution in [3.8, 4) is 0 Å². The van der Waals surface area contributed by atoms with E-state index in [1.165, 1.54) is 0 Å². The standard InChI is InChI=1S/C12H21N3O2/c1-5-17-7-6-15-9-10(8-13-15)14-11(16)12(2,3)4/h8-9H,5-7H2,1-4H3,(H,14,16). The second-order valence-corrected chi connectivity index (χ2v) is 4.89. The molecule has 0 fully saturated rings. The van der Waals surface area contributed by atoms with Crippen LogP contribution in [0.4, 0.5) is 5.69 Å².